The van der Waals surface area contributed by atoms with Crippen LogP contribution in [0.3, 0.4) is 0 Å². The highest BCUT2D eigenvalue weighted by atomic mass is 32.1. The molecule has 0 bridgehead atoms. The summed E-state index contributed by atoms with van der Waals surface area (Å²) < 4.78 is 5.30. The van der Waals surface area contributed by atoms with Crippen LogP contribution in [-0.2, 0) is 5.54 Å². The Morgan fingerprint density at radius 2 is 2.16 bits per heavy atom. The van der Waals surface area contributed by atoms with Gasteiger partial charge in [-0.15, -0.1) is 10.2 Å². The summed E-state index contributed by atoms with van der Waals surface area (Å²) in [6.45, 7) is 5.54. The van der Waals surface area contributed by atoms with Crippen LogP contribution in [-0.4, -0.2) is 26.2 Å². The quantitative estimate of drug-likeness (QED) is 0.735. The lowest BCUT2D eigenvalue weighted by molar-refractivity contribution is 0.0913. The maximum absolute atomic E-state index is 13.0. The Hall–Kier alpha value is -2.55. The van der Waals surface area contributed by atoms with Crippen molar-refractivity contribution >= 4 is 33.5 Å². The zero-order valence-electron chi connectivity index (χ0n) is 14.2. The van der Waals surface area contributed by atoms with E-state index in [2.05, 4.69) is 25.7 Å². The third kappa shape index (κ3) is 2.84. The fraction of sp³-hybridized carbons (Fsp3) is 0.438. The number of carbonyl (C=O) groups is 1. The standard InChI is InChI=1S/C16H18N6O2S/c1-7-11-9(6-10(8-4-5-8)18-13(11)24-22-7)12(23)19-16(2,3)14-20-21-15(17)25-14/h6,8H,4-5H2,1-3H3,(H2,17,21)(H,19,23). The molecule has 3 aromatic rings. The van der Waals surface area contributed by atoms with Gasteiger partial charge in [0.15, 0.2) is 0 Å². The predicted octanol–water partition coefficient (Wildman–Crippen LogP) is 2.51. The largest absolute Gasteiger partial charge is 0.374 e. The number of hydrogen-bond acceptors (Lipinski definition) is 8. The number of nitrogen functional groups attached to an aromatic ring is 1. The first-order chi connectivity index (χ1) is 11.8. The molecule has 1 aliphatic rings. The summed E-state index contributed by atoms with van der Waals surface area (Å²) in [7, 11) is 0. The second-order valence-corrected chi connectivity index (χ2v) is 7.85. The van der Waals surface area contributed by atoms with E-state index in [1.54, 1.807) is 6.92 Å². The van der Waals surface area contributed by atoms with Crippen molar-refractivity contribution in [2.24, 2.45) is 0 Å². The van der Waals surface area contributed by atoms with Crippen LogP contribution in [0.1, 0.15) is 59.4 Å². The molecule has 9 heteroatoms. The number of amides is 1. The van der Waals surface area contributed by atoms with Crippen LogP contribution in [0.25, 0.3) is 11.1 Å². The lowest BCUT2D eigenvalue weighted by Crippen LogP contribution is -2.41. The third-order valence-corrected chi connectivity index (χ3v) is 5.35. The molecule has 130 valence electrons. The highest BCUT2D eigenvalue weighted by Gasteiger charge is 2.32. The van der Waals surface area contributed by atoms with Gasteiger partial charge in [0.05, 0.1) is 22.2 Å². The molecule has 0 atom stereocenters. The molecule has 0 spiro atoms. The van der Waals surface area contributed by atoms with Gasteiger partial charge in [0, 0.05) is 11.6 Å². The Labute approximate surface area is 147 Å². The molecule has 3 heterocycles. The van der Waals surface area contributed by atoms with Crippen LogP contribution in [0.15, 0.2) is 10.6 Å². The molecule has 4 rings (SSSR count). The van der Waals surface area contributed by atoms with Crippen molar-refractivity contribution in [2.75, 3.05) is 5.73 Å². The molecule has 0 aromatic carbocycles. The molecule has 3 aromatic heterocycles. The Morgan fingerprint density at radius 1 is 1.40 bits per heavy atom. The number of pyridine rings is 1. The lowest BCUT2D eigenvalue weighted by Gasteiger charge is -2.23. The number of hydrogen-bond donors (Lipinski definition) is 2. The van der Waals surface area contributed by atoms with Gasteiger partial charge in [0.1, 0.15) is 5.01 Å². The van der Waals surface area contributed by atoms with Crippen LogP contribution in [0.2, 0.25) is 0 Å². The number of nitrogens with one attached hydrogen (secondary N) is 1. The van der Waals surface area contributed by atoms with Gasteiger partial charge in [-0.25, -0.2) is 4.98 Å². The Morgan fingerprint density at radius 3 is 2.80 bits per heavy atom. The minimum atomic E-state index is -0.702. The summed E-state index contributed by atoms with van der Waals surface area (Å²) in [5.74, 6) is 0.177. The third-order valence-electron chi connectivity index (χ3n) is 4.28. The molecule has 0 aliphatic heterocycles. The van der Waals surface area contributed by atoms with Crippen molar-refractivity contribution in [1.82, 2.24) is 25.7 Å². The molecule has 8 nitrogen and oxygen atoms in total. The number of nitrogens with zero attached hydrogens (tertiary/aromatic N) is 4. The smallest absolute Gasteiger partial charge is 0.259 e. The van der Waals surface area contributed by atoms with E-state index in [0.717, 1.165) is 18.5 Å². The fourth-order valence-corrected chi connectivity index (χ4v) is 3.44. The van der Waals surface area contributed by atoms with E-state index in [1.807, 2.05) is 19.9 Å². The van der Waals surface area contributed by atoms with E-state index in [1.165, 1.54) is 11.3 Å². The summed E-state index contributed by atoms with van der Waals surface area (Å²) >= 11 is 1.26. The van der Waals surface area contributed by atoms with Gasteiger partial charge in [0.2, 0.25) is 5.13 Å². The van der Waals surface area contributed by atoms with Crippen molar-refractivity contribution in [1.29, 1.82) is 0 Å². The van der Waals surface area contributed by atoms with Gasteiger partial charge in [-0.3, -0.25) is 4.79 Å². The van der Waals surface area contributed by atoms with Crippen LogP contribution >= 0.6 is 11.3 Å². The zero-order valence-corrected chi connectivity index (χ0v) is 15.0. The monoisotopic (exact) mass is 358 g/mol. The Balaban J connectivity index is 1.73. The normalized spacial score (nSPS) is 14.8. The molecular weight excluding hydrogens is 340 g/mol. The van der Waals surface area contributed by atoms with Crippen molar-refractivity contribution in [3.63, 3.8) is 0 Å². The predicted molar refractivity (Wildman–Crippen MR) is 93.3 cm³/mol. The number of carbonyl (C=O) groups excluding carboxylic acids is 1. The minimum Gasteiger partial charge on any atom is -0.374 e. The van der Waals surface area contributed by atoms with Gasteiger partial charge in [-0.05, 0) is 39.7 Å². The average Bonchev–Trinajstić information content (AvgIpc) is 3.21. The van der Waals surface area contributed by atoms with E-state index in [-0.39, 0.29) is 5.91 Å². The number of aromatic nitrogens is 4. The van der Waals surface area contributed by atoms with Gasteiger partial charge >= 0.3 is 0 Å². The molecule has 1 saturated carbocycles. The zero-order chi connectivity index (χ0) is 17.8. The van der Waals surface area contributed by atoms with Crippen LogP contribution < -0.4 is 11.1 Å². The number of fused-ring (bicyclic) bond motifs is 1. The first kappa shape index (κ1) is 15.9. The minimum absolute atomic E-state index is 0.223. The molecule has 25 heavy (non-hydrogen) atoms. The van der Waals surface area contributed by atoms with E-state index in [0.29, 0.717) is 38.4 Å². The van der Waals surface area contributed by atoms with Gasteiger partial charge in [0.25, 0.3) is 11.6 Å². The second kappa shape index (κ2) is 5.48. The summed E-state index contributed by atoms with van der Waals surface area (Å²) in [4.78, 5) is 17.5. The molecule has 1 aliphatic carbocycles. The maximum atomic E-state index is 13.0. The topological polar surface area (TPSA) is 120 Å². The number of anilines is 1. The molecule has 1 amide bonds. The van der Waals surface area contributed by atoms with Crippen LogP contribution in [0.5, 0.6) is 0 Å². The van der Waals surface area contributed by atoms with Gasteiger partial charge < -0.3 is 15.6 Å². The van der Waals surface area contributed by atoms with E-state index in [9.17, 15) is 4.79 Å². The second-order valence-electron chi connectivity index (χ2n) is 6.84. The first-order valence-electron chi connectivity index (χ1n) is 8.04. The van der Waals surface area contributed by atoms with E-state index < -0.39 is 5.54 Å². The van der Waals surface area contributed by atoms with Crippen LogP contribution in [0.4, 0.5) is 5.13 Å². The lowest BCUT2D eigenvalue weighted by atomic mass is 10.0. The van der Waals surface area contributed by atoms with Crippen molar-refractivity contribution in [2.45, 2.75) is 45.1 Å². The first-order valence-corrected chi connectivity index (χ1v) is 8.85. The molecular formula is C16H18N6O2S. The van der Waals surface area contributed by atoms with E-state index in [4.69, 9.17) is 10.3 Å². The van der Waals surface area contributed by atoms with Crippen LogP contribution in [0, 0.1) is 6.92 Å². The number of aryl methyl sites for hydroxylation is 1. The molecule has 0 radical (unpaired) electrons. The highest BCUT2D eigenvalue weighted by molar-refractivity contribution is 7.15. The molecule has 1 fully saturated rings. The van der Waals surface area contributed by atoms with E-state index >= 15 is 0 Å². The summed E-state index contributed by atoms with van der Waals surface area (Å²) in [5, 5.41) is 16.5. The number of nitrogens with two attached hydrogens (primary N) is 1. The fourth-order valence-electron chi connectivity index (χ4n) is 2.77. The van der Waals surface area contributed by atoms with Gasteiger partial charge in [-0.2, -0.15) is 0 Å². The molecule has 3 N–H and O–H groups in total. The van der Waals surface area contributed by atoms with Crippen molar-refractivity contribution in [3.05, 3.63) is 28.0 Å². The Kier molecular flexibility index (Phi) is 3.50. The summed E-state index contributed by atoms with van der Waals surface area (Å²) in [6.07, 6.45) is 2.17. The van der Waals surface area contributed by atoms with Crippen molar-refractivity contribution < 1.29 is 9.32 Å². The average molecular weight is 358 g/mol. The van der Waals surface area contributed by atoms with Crippen molar-refractivity contribution in [3.8, 4) is 0 Å². The molecule has 0 unspecified atom stereocenters. The highest BCUT2D eigenvalue weighted by Crippen LogP contribution is 2.40. The summed E-state index contributed by atoms with van der Waals surface area (Å²) in [5.41, 5.74) is 7.42. The van der Waals surface area contributed by atoms with Gasteiger partial charge in [-0.1, -0.05) is 16.5 Å². The summed E-state index contributed by atoms with van der Waals surface area (Å²) in [6, 6.07) is 1.85. The Bertz CT molecular complexity index is 972. The molecule has 0 saturated heterocycles. The maximum Gasteiger partial charge on any atom is 0.259 e. The number of rotatable bonds is 4. The SMILES string of the molecule is Cc1noc2nc(C3CC3)cc(C(=O)NC(C)(C)c3nnc(N)s3)c12.